The van der Waals surface area contributed by atoms with E-state index in [0.29, 0.717) is 5.56 Å². The fourth-order valence-electron chi connectivity index (χ4n) is 1.54. The fraction of sp³-hybridized carbons (Fsp3) is 0.538. The maximum atomic E-state index is 13.4. The zero-order valence-electron chi connectivity index (χ0n) is 10.4. The SMILES string of the molecule is COc1cc(C)c(F)cc1CCC(C)(C)N. The molecule has 0 saturated carbocycles. The van der Waals surface area contributed by atoms with E-state index in [1.54, 1.807) is 26.2 Å². The summed E-state index contributed by atoms with van der Waals surface area (Å²) in [5, 5.41) is 0. The van der Waals surface area contributed by atoms with E-state index in [1.165, 1.54) is 0 Å². The Balaban J connectivity index is 2.90. The number of benzene rings is 1. The second-order valence-electron chi connectivity index (χ2n) is 4.90. The van der Waals surface area contributed by atoms with Crippen LogP contribution in [0.4, 0.5) is 4.39 Å². The maximum Gasteiger partial charge on any atom is 0.126 e. The normalized spacial score (nSPS) is 11.6. The maximum absolute atomic E-state index is 13.4. The largest absolute Gasteiger partial charge is 0.496 e. The second-order valence-corrected chi connectivity index (χ2v) is 4.90. The summed E-state index contributed by atoms with van der Waals surface area (Å²) in [5.41, 5.74) is 7.15. The van der Waals surface area contributed by atoms with Gasteiger partial charge in [-0.2, -0.15) is 0 Å². The van der Waals surface area contributed by atoms with Crippen LogP contribution in [0.5, 0.6) is 5.75 Å². The van der Waals surface area contributed by atoms with Crippen molar-refractivity contribution in [3.8, 4) is 5.75 Å². The number of rotatable bonds is 4. The molecular formula is C13H20FNO. The van der Waals surface area contributed by atoms with Crippen LogP contribution in [0.1, 0.15) is 31.4 Å². The average molecular weight is 225 g/mol. The van der Waals surface area contributed by atoms with Crippen LogP contribution in [0.15, 0.2) is 12.1 Å². The number of ether oxygens (including phenoxy) is 1. The van der Waals surface area contributed by atoms with Crippen molar-refractivity contribution in [1.82, 2.24) is 0 Å². The van der Waals surface area contributed by atoms with Crippen LogP contribution in [0.2, 0.25) is 0 Å². The molecule has 0 fully saturated rings. The smallest absolute Gasteiger partial charge is 0.126 e. The first kappa shape index (κ1) is 13.0. The lowest BCUT2D eigenvalue weighted by molar-refractivity contribution is 0.402. The molecule has 0 heterocycles. The van der Waals surface area contributed by atoms with Crippen LogP contribution < -0.4 is 10.5 Å². The Hall–Kier alpha value is -1.09. The summed E-state index contributed by atoms with van der Waals surface area (Å²) in [6.07, 6.45) is 1.52. The van der Waals surface area contributed by atoms with Gasteiger partial charge in [0, 0.05) is 5.54 Å². The summed E-state index contributed by atoms with van der Waals surface area (Å²) in [6.45, 7) is 5.66. The Morgan fingerprint density at radius 1 is 1.38 bits per heavy atom. The van der Waals surface area contributed by atoms with Crippen LogP contribution >= 0.6 is 0 Å². The Labute approximate surface area is 96.6 Å². The van der Waals surface area contributed by atoms with E-state index in [9.17, 15) is 4.39 Å². The van der Waals surface area contributed by atoms with E-state index < -0.39 is 0 Å². The quantitative estimate of drug-likeness (QED) is 0.855. The van der Waals surface area contributed by atoms with Crippen molar-refractivity contribution >= 4 is 0 Å². The minimum Gasteiger partial charge on any atom is -0.496 e. The molecule has 0 aromatic heterocycles. The zero-order valence-corrected chi connectivity index (χ0v) is 10.4. The fourth-order valence-corrected chi connectivity index (χ4v) is 1.54. The van der Waals surface area contributed by atoms with Crippen molar-refractivity contribution in [1.29, 1.82) is 0 Å². The summed E-state index contributed by atoms with van der Waals surface area (Å²) in [6, 6.07) is 3.27. The number of nitrogens with two attached hydrogens (primary N) is 1. The van der Waals surface area contributed by atoms with E-state index in [0.717, 1.165) is 24.2 Å². The van der Waals surface area contributed by atoms with E-state index in [1.807, 2.05) is 13.8 Å². The Bertz CT molecular complexity index is 369. The standard InChI is InChI=1S/C13H20FNO/c1-9-7-12(16-4)10(8-11(9)14)5-6-13(2,3)15/h7-8H,5-6,15H2,1-4H3. The molecule has 90 valence electrons. The molecule has 2 N–H and O–H groups in total. The minimum absolute atomic E-state index is 0.189. The molecule has 0 saturated heterocycles. The van der Waals surface area contributed by atoms with Crippen molar-refractivity contribution in [3.05, 3.63) is 29.1 Å². The number of methoxy groups -OCH3 is 1. The van der Waals surface area contributed by atoms with Gasteiger partial charge in [-0.1, -0.05) is 0 Å². The van der Waals surface area contributed by atoms with Crippen molar-refractivity contribution in [2.45, 2.75) is 39.2 Å². The van der Waals surface area contributed by atoms with Crippen molar-refractivity contribution in [2.75, 3.05) is 7.11 Å². The molecule has 0 spiro atoms. The van der Waals surface area contributed by atoms with E-state index >= 15 is 0 Å². The van der Waals surface area contributed by atoms with E-state index in [2.05, 4.69) is 0 Å². The van der Waals surface area contributed by atoms with Gasteiger partial charge < -0.3 is 10.5 Å². The van der Waals surface area contributed by atoms with Crippen LogP contribution in [0.25, 0.3) is 0 Å². The lowest BCUT2D eigenvalue weighted by Crippen LogP contribution is -2.32. The molecule has 0 atom stereocenters. The van der Waals surface area contributed by atoms with Gasteiger partial charge in [-0.3, -0.25) is 0 Å². The van der Waals surface area contributed by atoms with Gasteiger partial charge >= 0.3 is 0 Å². The first-order chi connectivity index (χ1) is 7.33. The van der Waals surface area contributed by atoms with Crippen molar-refractivity contribution in [3.63, 3.8) is 0 Å². The molecule has 2 nitrogen and oxygen atoms in total. The molecule has 3 heteroatoms. The topological polar surface area (TPSA) is 35.2 Å². The van der Waals surface area contributed by atoms with Gasteiger partial charge in [-0.15, -0.1) is 0 Å². The van der Waals surface area contributed by atoms with E-state index in [-0.39, 0.29) is 11.4 Å². The van der Waals surface area contributed by atoms with Gasteiger partial charge in [-0.25, -0.2) is 4.39 Å². The minimum atomic E-state index is -0.244. The van der Waals surface area contributed by atoms with Gasteiger partial charge in [0.25, 0.3) is 0 Å². The molecule has 16 heavy (non-hydrogen) atoms. The van der Waals surface area contributed by atoms with Gasteiger partial charge in [0.05, 0.1) is 7.11 Å². The molecule has 0 amide bonds. The molecule has 0 aliphatic carbocycles. The Morgan fingerprint density at radius 3 is 2.50 bits per heavy atom. The lowest BCUT2D eigenvalue weighted by atomic mass is 9.95. The first-order valence-electron chi connectivity index (χ1n) is 5.45. The van der Waals surface area contributed by atoms with Crippen LogP contribution in [0, 0.1) is 12.7 Å². The van der Waals surface area contributed by atoms with Gasteiger partial charge in [0.1, 0.15) is 11.6 Å². The summed E-state index contributed by atoms with van der Waals surface area (Å²) in [5.74, 6) is 0.550. The predicted molar refractivity (Wildman–Crippen MR) is 64.3 cm³/mol. The Morgan fingerprint density at radius 2 is 2.00 bits per heavy atom. The third kappa shape index (κ3) is 3.49. The second kappa shape index (κ2) is 4.83. The summed E-state index contributed by atoms with van der Waals surface area (Å²) in [7, 11) is 1.60. The molecule has 0 bridgehead atoms. The molecule has 1 aromatic rings. The molecule has 0 radical (unpaired) electrons. The average Bonchev–Trinajstić information content (AvgIpc) is 2.18. The summed E-state index contributed by atoms with van der Waals surface area (Å²) in [4.78, 5) is 0. The molecule has 1 rings (SSSR count). The third-order valence-corrected chi connectivity index (χ3v) is 2.60. The highest BCUT2D eigenvalue weighted by atomic mass is 19.1. The van der Waals surface area contributed by atoms with E-state index in [4.69, 9.17) is 10.5 Å². The van der Waals surface area contributed by atoms with Crippen LogP contribution in [-0.2, 0) is 6.42 Å². The molecular weight excluding hydrogens is 205 g/mol. The van der Waals surface area contributed by atoms with Gasteiger partial charge in [0.15, 0.2) is 0 Å². The monoisotopic (exact) mass is 225 g/mol. The van der Waals surface area contributed by atoms with Gasteiger partial charge in [-0.05, 0) is 56.9 Å². The van der Waals surface area contributed by atoms with Crippen LogP contribution in [-0.4, -0.2) is 12.6 Å². The van der Waals surface area contributed by atoms with Crippen molar-refractivity contribution in [2.24, 2.45) is 5.73 Å². The van der Waals surface area contributed by atoms with Gasteiger partial charge in [0.2, 0.25) is 0 Å². The zero-order chi connectivity index (χ0) is 12.3. The Kier molecular flexibility index (Phi) is 3.92. The highest BCUT2D eigenvalue weighted by Gasteiger charge is 2.14. The highest BCUT2D eigenvalue weighted by molar-refractivity contribution is 5.38. The number of hydrogen-bond acceptors (Lipinski definition) is 2. The summed E-state index contributed by atoms with van der Waals surface area (Å²) >= 11 is 0. The third-order valence-electron chi connectivity index (χ3n) is 2.60. The summed E-state index contributed by atoms with van der Waals surface area (Å²) < 4.78 is 18.7. The predicted octanol–water partition coefficient (Wildman–Crippen LogP) is 2.81. The molecule has 0 aliphatic rings. The number of hydrogen-bond donors (Lipinski definition) is 1. The lowest BCUT2D eigenvalue weighted by Gasteiger charge is -2.19. The first-order valence-corrected chi connectivity index (χ1v) is 5.45. The molecule has 1 aromatic carbocycles. The highest BCUT2D eigenvalue weighted by Crippen LogP contribution is 2.25. The number of halogens is 1. The number of aryl methyl sites for hydroxylation is 2. The van der Waals surface area contributed by atoms with Crippen molar-refractivity contribution < 1.29 is 9.13 Å². The molecule has 0 unspecified atom stereocenters. The molecule has 0 aliphatic heterocycles. The van der Waals surface area contributed by atoms with Crippen LogP contribution in [0.3, 0.4) is 0 Å².